The zero-order chi connectivity index (χ0) is 24.0. The molecule has 10 heteroatoms. The molecule has 0 unspecified atom stereocenters. The number of halogens is 3. The average Bonchev–Trinajstić information content (AvgIpc) is 3.03. The van der Waals surface area contributed by atoms with Crippen molar-refractivity contribution in [2.24, 2.45) is 0 Å². The number of nitrogens with one attached hydrogen (secondary N) is 1. The number of carbonyl (C=O) groups excluding carboxylic acids is 1. The van der Waals surface area contributed by atoms with Gasteiger partial charge in [-0.15, -0.1) is 0 Å². The summed E-state index contributed by atoms with van der Waals surface area (Å²) >= 11 is 0. The van der Waals surface area contributed by atoms with Gasteiger partial charge < -0.3 is 19.2 Å². The Labute approximate surface area is 188 Å². The number of nitrogens with zero attached hydrogens (tertiary/aromatic N) is 3. The molecule has 0 radical (unpaired) electrons. The Morgan fingerprint density at radius 1 is 1.06 bits per heavy atom. The molecule has 33 heavy (non-hydrogen) atoms. The van der Waals surface area contributed by atoms with Crippen LogP contribution in [-0.4, -0.2) is 63.8 Å². The summed E-state index contributed by atoms with van der Waals surface area (Å²) in [5.41, 5.74) is -1.26. The van der Waals surface area contributed by atoms with Gasteiger partial charge in [0.05, 0.1) is 16.6 Å². The molecule has 178 valence electrons. The number of H-pyrrole nitrogens is 1. The van der Waals surface area contributed by atoms with Crippen LogP contribution < -0.4 is 5.43 Å². The van der Waals surface area contributed by atoms with Crippen LogP contribution in [0.3, 0.4) is 0 Å². The molecule has 1 saturated heterocycles. The third-order valence-corrected chi connectivity index (χ3v) is 5.75. The van der Waals surface area contributed by atoms with Gasteiger partial charge >= 0.3 is 12.3 Å². The number of rotatable bonds is 3. The third-order valence-electron chi connectivity index (χ3n) is 5.75. The van der Waals surface area contributed by atoms with Crippen LogP contribution >= 0.6 is 0 Å². The predicted octanol–water partition coefficient (Wildman–Crippen LogP) is 4.05. The molecule has 7 nitrogen and oxygen atoms in total. The van der Waals surface area contributed by atoms with Crippen LogP contribution in [0.25, 0.3) is 21.8 Å². The number of hydrogen-bond acceptors (Lipinski definition) is 4. The Bertz CT molecular complexity index is 1230. The van der Waals surface area contributed by atoms with E-state index in [-0.39, 0.29) is 17.0 Å². The van der Waals surface area contributed by atoms with E-state index in [1.54, 1.807) is 27.9 Å². The topological polar surface area (TPSA) is 70.6 Å². The maximum Gasteiger partial charge on any atom is 0.417 e. The second-order valence-electron chi connectivity index (χ2n) is 9.27. The van der Waals surface area contributed by atoms with Crippen molar-refractivity contribution >= 4 is 27.9 Å². The molecule has 1 aliphatic heterocycles. The van der Waals surface area contributed by atoms with Gasteiger partial charge in [0, 0.05) is 68.5 Å². The van der Waals surface area contributed by atoms with Crippen molar-refractivity contribution in [2.45, 2.75) is 39.1 Å². The van der Waals surface area contributed by atoms with Gasteiger partial charge in [-0.05, 0) is 32.9 Å². The molecule has 4 rings (SSSR count). The van der Waals surface area contributed by atoms with Crippen LogP contribution in [0.1, 0.15) is 26.3 Å². The highest BCUT2D eigenvalue weighted by molar-refractivity contribution is 6.09. The number of carbonyl (C=O) groups is 1. The van der Waals surface area contributed by atoms with E-state index in [2.05, 4.69) is 9.88 Å². The lowest BCUT2D eigenvalue weighted by molar-refractivity contribution is -0.136. The summed E-state index contributed by atoms with van der Waals surface area (Å²) < 4.78 is 48.3. The molecule has 1 aliphatic rings. The molecule has 0 aliphatic carbocycles. The van der Waals surface area contributed by atoms with E-state index >= 15 is 0 Å². The first-order valence-corrected chi connectivity index (χ1v) is 10.8. The number of benzene rings is 1. The van der Waals surface area contributed by atoms with Gasteiger partial charge in [0.1, 0.15) is 5.60 Å². The molecule has 0 bridgehead atoms. The van der Waals surface area contributed by atoms with Crippen LogP contribution in [-0.2, 0) is 17.5 Å². The Hall–Kier alpha value is -3.01. The molecule has 0 atom stereocenters. The Balaban J connectivity index is 1.56. The highest BCUT2D eigenvalue weighted by Crippen LogP contribution is 2.38. The quantitative estimate of drug-likeness (QED) is 0.635. The number of piperazine rings is 1. The summed E-state index contributed by atoms with van der Waals surface area (Å²) in [6.07, 6.45) is -1.74. The lowest BCUT2D eigenvalue weighted by Crippen LogP contribution is -2.50. The van der Waals surface area contributed by atoms with Crippen molar-refractivity contribution in [1.82, 2.24) is 19.4 Å². The Morgan fingerprint density at radius 3 is 2.39 bits per heavy atom. The normalized spacial score (nSPS) is 16.0. The van der Waals surface area contributed by atoms with Crippen molar-refractivity contribution in [3.8, 4) is 0 Å². The average molecular weight is 464 g/mol. The monoisotopic (exact) mass is 464 g/mol. The van der Waals surface area contributed by atoms with Gasteiger partial charge in [-0.3, -0.25) is 9.69 Å². The summed E-state index contributed by atoms with van der Waals surface area (Å²) in [7, 11) is 0. The fraction of sp³-hybridized carbons (Fsp3) is 0.478. The predicted molar refractivity (Wildman–Crippen MR) is 119 cm³/mol. The first kappa shape index (κ1) is 23.2. The fourth-order valence-corrected chi connectivity index (χ4v) is 4.27. The second-order valence-corrected chi connectivity index (χ2v) is 9.27. The highest BCUT2D eigenvalue weighted by Gasteiger charge is 2.35. The van der Waals surface area contributed by atoms with Gasteiger partial charge in [-0.2, -0.15) is 13.2 Å². The van der Waals surface area contributed by atoms with Gasteiger partial charge in [0.2, 0.25) is 0 Å². The van der Waals surface area contributed by atoms with E-state index < -0.39 is 22.8 Å². The number of fused-ring (bicyclic) bond motifs is 3. The molecular formula is C23H27F3N4O3. The molecule has 0 saturated carbocycles. The fourth-order valence-electron chi connectivity index (χ4n) is 4.27. The van der Waals surface area contributed by atoms with Crippen molar-refractivity contribution in [3.05, 3.63) is 46.4 Å². The molecular weight excluding hydrogens is 437 g/mol. The van der Waals surface area contributed by atoms with Crippen LogP contribution in [0.4, 0.5) is 18.0 Å². The van der Waals surface area contributed by atoms with E-state index in [4.69, 9.17) is 4.74 Å². The molecule has 3 heterocycles. The molecule has 0 spiro atoms. The number of pyridine rings is 1. The van der Waals surface area contributed by atoms with E-state index in [9.17, 15) is 22.8 Å². The Morgan fingerprint density at radius 2 is 1.76 bits per heavy atom. The van der Waals surface area contributed by atoms with E-state index in [0.29, 0.717) is 56.2 Å². The van der Waals surface area contributed by atoms with E-state index in [1.807, 2.05) is 20.8 Å². The molecule has 2 aromatic heterocycles. The standard InChI is InChI=1S/C23H27F3N4O3/c1-22(2,3)33-21(32)29-9-6-28(7-10-29)8-11-30-18-13-15(31)12-17(23(24,25)26)20(18)16-4-5-27-14-19(16)30/h4-5,12-14,27H,6-11H2,1-3H3. The minimum absolute atomic E-state index is 0.0424. The number of alkyl halides is 3. The van der Waals surface area contributed by atoms with E-state index in [1.165, 1.54) is 6.07 Å². The van der Waals surface area contributed by atoms with Crippen molar-refractivity contribution in [3.63, 3.8) is 0 Å². The van der Waals surface area contributed by atoms with Crippen molar-refractivity contribution in [1.29, 1.82) is 0 Å². The van der Waals surface area contributed by atoms with Crippen LogP contribution in [0, 0.1) is 0 Å². The summed E-state index contributed by atoms with van der Waals surface area (Å²) in [6, 6.07) is 3.54. The minimum Gasteiger partial charge on any atom is -0.444 e. The number of ether oxygens (including phenoxy) is 1. The first-order chi connectivity index (χ1) is 15.4. The largest absolute Gasteiger partial charge is 0.444 e. The SMILES string of the molecule is CC(C)(C)OC(=O)N1CCN(CCn2c3c[nH]ccc3c3c(C(F)(F)F)cc(=O)cc32)CC1. The number of amides is 1. The molecule has 1 amide bonds. The maximum atomic E-state index is 13.7. The maximum absolute atomic E-state index is 13.7. The summed E-state index contributed by atoms with van der Waals surface area (Å²) in [4.78, 5) is 31.1. The molecule has 1 N–H and O–H groups in total. The summed E-state index contributed by atoms with van der Waals surface area (Å²) in [5.74, 6) is 0. The Kier molecular flexibility index (Phi) is 5.90. The first-order valence-electron chi connectivity index (χ1n) is 10.8. The number of aromatic nitrogens is 2. The van der Waals surface area contributed by atoms with Gasteiger partial charge in [0.15, 0.2) is 5.43 Å². The molecule has 1 aromatic carbocycles. The van der Waals surface area contributed by atoms with Crippen LogP contribution in [0.5, 0.6) is 0 Å². The van der Waals surface area contributed by atoms with E-state index in [0.717, 1.165) is 0 Å². The number of aromatic amines is 1. The van der Waals surface area contributed by atoms with Gasteiger partial charge in [-0.25, -0.2) is 4.79 Å². The van der Waals surface area contributed by atoms with Gasteiger partial charge in [0.25, 0.3) is 0 Å². The van der Waals surface area contributed by atoms with Gasteiger partial charge in [-0.1, -0.05) is 0 Å². The zero-order valence-corrected chi connectivity index (χ0v) is 18.8. The second kappa shape index (κ2) is 8.40. The van der Waals surface area contributed by atoms with Crippen molar-refractivity contribution < 1.29 is 22.7 Å². The molecule has 1 fully saturated rings. The third kappa shape index (κ3) is 4.85. The smallest absolute Gasteiger partial charge is 0.417 e. The summed E-state index contributed by atoms with van der Waals surface area (Å²) in [6.45, 7) is 8.72. The summed E-state index contributed by atoms with van der Waals surface area (Å²) in [5, 5.41) is 0.492. The number of hydrogen-bond donors (Lipinski definition) is 1. The highest BCUT2D eigenvalue weighted by atomic mass is 19.4. The van der Waals surface area contributed by atoms with Crippen LogP contribution in [0.2, 0.25) is 0 Å². The van der Waals surface area contributed by atoms with Crippen LogP contribution in [0.15, 0.2) is 35.4 Å². The van der Waals surface area contributed by atoms with Crippen molar-refractivity contribution in [2.75, 3.05) is 32.7 Å². The molecule has 3 aromatic rings. The zero-order valence-electron chi connectivity index (χ0n) is 18.8. The minimum atomic E-state index is -4.63. The lowest BCUT2D eigenvalue weighted by atomic mass is 10.1. The lowest BCUT2D eigenvalue weighted by Gasteiger charge is -2.35.